The highest BCUT2D eigenvalue weighted by Crippen LogP contribution is 2.54. The zero-order chi connectivity index (χ0) is 22.0. The second-order valence-corrected chi connectivity index (χ2v) is 9.29. The van der Waals surface area contributed by atoms with Crippen LogP contribution >= 0.6 is 0 Å². The molecule has 2 aliphatic rings. The highest BCUT2D eigenvalue weighted by atomic mass is 16.2. The van der Waals surface area contributed by atoms with Crippen molar-refractivity contribution in [1.29, 1.82) is 0 Å². The SMILES string of the molecule is CCNC(=O)[C@]12CCC[C@H]1CN(C(c1ccccc1)(c1ccccc1)c1ccccc1)C2. The Hall–Kier alpha value is -2.91. The first-order valence-electron chi connectivity index (χ1n) is 11.9. The van der Waals surface area contributed by atoms with Gasteiger partial charge in [-0.3, -0.25) is 9.69 Å². The largest absolute Gasteiger partial charge is 0.356 e. The Morgan fingerprint density at radius 1 is 0.906 bits per heavy atom. The van der Waals surface area contributed by atoms with Crippen molar-refractivity contribution in [2.24, 2.45) is 11.3 Å². The number of likely N-dealkylation sites (tertiary alicyclic amines) is 1. The van der Waals surface area contributed by atoms with Gasteiger partial charge in [-0.15, -0.1) is 0 Å². The maximum atomic E-state index is 13.4. The lowest BCUT2D eigenvalue weighted by atomic mass is 9.75. The normalized spacial score (nSPS) is 23.1. The lowest BCUT2D eigenvalue weighted by Gasteiger charge is -2.44. The molecule has 1 saturated heterocycles. The summed E-state index contributed by atoms with van der Waals surface area (Å²) in [5.74, 6) is 0.637. The van der Waals surface area contributed by atoms with Crippen LogP contribution in [0.25, 0.3) is 0 Å². The van der Waals surface area contributed by atoms with E-state index in [1.807, 2.05) is 6.92 Å². The van der Waals surface area contributed by atoms with Crippen molar-refractivity contribution in [1.82, 2.24) is 10.2 Å². The minimum Gasteiger partial charge on any atom is -0.356 e. The minimum absolute atomic E-state index is 0.244. The highest BCUT2D eigenvalue weighted by Gasteiger charge is 2.58. The molecule has 0 radical (unpaired) electrons. The number of hydrogen-bond donors (Lipinski definition) is 1. The number of rotatable bonds is 6. The first-order chi connectivity index (χ1) is 15.7. The third-order valence-electron chi connectivity index (χ3n) is 7.71. The fourth-order valence-electron chi connectivity index (χ4n) is 6.34. The fourth-order valence-corrected chi connectivity index (χ4v) is 6.34. The molecule has 1 N–H and O–H groups in total. The summed E-state index contributed by atoms with van der Waals surface area (Å²) in [7, 11) is 0. The topological polar surface area (TPSA) is 32.3 Å². The van der Waals surface area contributed by atoms with Crippen molar-refractivity contribution in [2.45, 2.75) is 31.7 Å². The van der Waals surface area contributed by atoms with E-state index in [1.54, 1.807) is 0 Å². The van der Waals surface area contributed by atoms with Gasteiger partial charge >= 0.3 is 0 Å². The average molecular weight is 425 g/mol. The second kappa shape index (κ2) is 8.55. The number of carbonyl (C=O) groups excluding carboxylic acids is 1. The molecule has 0 bridgehead atoms. The van der Waals surface area contributed by atoms with E-state index in [0.29, 0.717) is 12.5 Å². The van der Waals surface area contributed by atoms with Crippen LogP contribution in [0.5, 0.6) is 0 Å². The number of nitrogens with one attached hydrogen (secondary N) is 1. The number of fused-ring (bicyclic) bond motifs is 1. The number of amides is 1. The molecule has 2 fully saturated rings. The zero-order valence-corrected chi connectivity index (χ0v) is 18.8. The van der Waals surface area contributed by atoms with E-state index in [1.165, 1.54) is 16.7 Å². The molecule has 1 aliphatic heterocycles. The van der Waals surface area contributed by atoms with Gasteiger partial charge in [0.05, 0.1) is 11.0 Å². The summed E-state index contributed by atoms with van der Waals surface area (Å²) in [5, 5.41) is 3.18. The van der Waals surface area contributed by atoms with E-state index in [-0.39, 0.29) is 11.3 Å². The number of nitrogens with zero attached hydrogens (tertiary/aromatic N) is 1. The molecule has 1 saturated carbocycles. The minimum atomic E-state index is -0.437. The van der Waals surface area contributed by atoms with Crippen molar-refractivity contribution >= 4 is 5.91 Å². The Kier molecular flexibility index (Phi) is 5.60. The third-order valence-corrected chi connectivity index (χ3v) is 7.71. The van der Waals surface area contributed by atoms with Crippen LogP contribution in [0, 0.1) is 11.3 Å². The monoisotopic (exact) mass is 424 g/mol. The molecule has 3 aromatic rings. The molecule has 3 heteroatoms. The number of benzene rings is 3. The van der Waals surface area contributed by atoms with E-state index in [2.05, 4.69) is 101 Å². The van der Waals surface area contributed by atoms with E-state index < -0.39 is 5.54 Å². The molecule has 5 rings (SSSR count). The summed E-state index contributed by atoms with van der Waals surface area (Å²) in [5.41, 5.74) is 3.03. The fraction of sp³-hybridized carbons (Fsp3) is 0.345. The summed E-state index contributed by atoms with van der Waals surface area (Å²) >= 11 is 0. The Bertz CT molecular complexity index is 954. The van der Waals surface area contributed by atoms with Crippen molar-refractivity contribution in [3.63, 3.8) is 0 Å². The van der Waals surface area contributed by atoms with Crippen LogP contribution in [0.15, 0.2) is 91.0 Å². The molecular weight excluding hydrogens is 392 g/mol. The van der Waals surface area contributed by atoms with E-state index in [4.69, 9.17) is 0 Å². The molecule has 3 nitrogen and oxygen atoms in total. The van der Waals surface area contributed by atoms with Crippen LogP contribution in [-0.4, -0.2) is 30.4 Å². The molecule has 1 aliphatic carbocycles. The summed E-state index contributed by atoms with van der Waals surface area (Å²) < 4.78 is 0. The molecule has 1 heterocycles. The summed E-state index contributed by atoms with van der Waals surface area (Å²) in [6.45, 7) is 4.42. The van der Waals surface area contributed by atoms with Crippen molar-refractivity contribution in [3.8, 4) is 0 Å². The Morgan fingerprint density at radius 3 is 1.88 bits per heavy atom. The Morgan fingerprint density at radius 2 is 1.41 bits per heavy atom. The van der Waals surface area contributed by atoms with Crippen LogP contribution in [0.4, 0.5) is 0 Å². The molecule has 0 spiro atoms. The van der Waals surface area contributed by atoms with Crippen molar-refractivity contribution in [2.75, 3.05) is 19.6 Å². The van der Waals surface area contributed by atoms with Gasteiger partial charge in [0.25, 0.3) is 0 Å². The van der Waals surface area contributed by atoms with E-state index in [9.17, 15) is 4.79 Å². The summed E-state index contributed by atoms with van der Waals surface area (Å²) in [4.78, 5) is 16.0. The molecule has 0 aromatic heterocycles. The molecular formula is C29H32N2O. The molecule has 0 unspecified atom stereocenters. The van der Waals surface area contributed by atoms with Crippen LogP contribution < -0.4 is 5.32 Å². The van der Waals surface area contributed by atoms with Gasteiger partial charge < -0.3 is 5.32 Å². The predicted molar refractivity (Wildman–Crippen MR) is 129 cm³/mol. The first-order valence-corrected chi connectivity index (χ1v) is 11.9. The van der Waals surface area contributed by atoms with E-state index >= 15 is 0 Å². The molecule has 1 amide bonds. The third kappa shape index (κ3) is 3.18. The van der Waals surface area contributed by atoms with Gasteiger partial charge in [-0.05, 0) is 42.4 Å². The molecule has 32 heavy (non-hydrogen) atoms. The lowest BCUT2D eigenvalue weighted by Crippen LogP contribution is -2.50. The van der Waals surface area contributed by atoms with Crippen LogP contribution in [0.2, 0.25) is 0 Å². The Labute approximate surface area is 191 Å². The predicted octanol–water partition coefficient (Wildman–Crippen LogP) is 5.22. The van der Waals surface area contributed by atoms with Crippen LogP contribution in [0.1, 0.15) is 42.9 Å². The van der Waals surface area contributed by atoms with Gasteiger partial charge in [-0.1, -0.05) is 97.4 Å². The van der Waals surface area contributed by atoms with Gasteiger partial charge in [-0.25, -0.2) is 0 Å². The smallest absolute Gasteiger partial charge is 0.227 e. The first kappa shape index (κ1) is 21.0. The van der Waals surface area contributed by atoms with Gasteiger partial charge in [0.15, 0.2) is 0 Å². The van der Waals surface area contributed by atoms with Crippen LogP contribution in [-0.2, 0) is 10.3 Å². The van der Waals surface area contributed by atoms with Gasteiger partial charge in [-0.2, -0.15) is 0 Å². The average Bonchev–Trinajstić information content (AvgIpc) is 3.41. The maximum absolute atomic E-state index is 13.4. The second-order valence-electron chi connectivity index (χ2n) is 9.29. The van der Waals surface area contributed by atoms with Crippen LogP contribution in [0.3, 0.4) is 0 Å². The van der Waals surface area contributed by atoms with Gasteiger partial charge in [0.2, 0.25) is 5.91 Å². The number of hydrogen-bond acceptors (Lipinski definition) is 2. The molecule has 2 atom stereocenters. The standard InChI is InChI=1S/C29H32N2O/c1-2-30-27(32)28-20-12-19-26(28)21-31(22-28)29(23-13-6-3-7-14-23,24-15-8-4-9-16-24)25-17-10-5-11-18-25/h3-11,13-18,26H,2,12,19-22H2,1H3,(H,30,32)/t26-,28-/m0/s1. The van der Waals surface area contributed by atoms with E-state index in [0.717, 1.165) is 32.4 Å². The quantitative estimate of drug-likeness (QED) is 0.551. The van der Waals surface area contributed by atoms with Gasteiger partial charge in [0.1, 0.15) is 0 Å². The van der Waals surface area contributed by atoms with Crippen molar-refractivity contribution in [3.05, 3.63) is 108 Å². The lowest BCUT2D eigenvalue weighted by molar-refractivity contribution is -0.131. The highest BCUT2D eigenvalue weighted by molar-refractivity contribution is 5.84. The Balaban J connectivity index is 1.72. The molecule has 164 valence electrons. The summed E-state index contributed by atoms with van der Waals surface area (Å²) in [6, 6.07) is 32.5. The van der Waals surface area contributed by atoms with Gasteiger partial charge in [0, 0.05) is 19.6 Å². The molecule has 3 aromatic carbocycles. The maximum Gasteiger partial charge on any atom is 0.227 e. The number of carbonyl (C=O) groups is 1. The van der Waals surface area contributed by atoms with Crippen molar-refractivity contribution < 1.29 is 4.79 Å². The zero-order valence-electron chi connectivity index (χ0n) is 18.8. The summed E-state index contributed by atoms with van der Waals surface area (Å²) in [6.07, 6.45) is 3.25.